The predicted octanol–water partition coefficient (Wildman–Crippen LogP) is 4.51. The van der Waals surface area contributed by atoms with E-state index in [1.165, 1.54) is 0 Å². The van der Waals surface area contributed by atoms with E-state index in [4.69, 9.17) is 0 Å². The van der Waals surface area contributed by atoms with Crippen molar-refractivity contribution in [2.45, 2.75) is 38.1 Å². The van der Waals surface area contributed by atoms with E-state index in [-0.39, 0.29) is 23.1 Å². The van der Waals surface area contributed by atoms with Gasteiger partial charge in [-0.05, 0) is 66.1 Å². The van der Waals surface area contributed by atoms with Gasteiger partial charge < -0.3 is 4.90 Å². The van der Waals surface area contributed by atoms with Crippen LogP contribution in [0.1, 0.15) is 25.8 Å². The fourth-order valence-electron chi connectivity index (χ4n) is 2.82. The molecule has 156 valence electrons. The first-order valence-corrected chi connectivity index (χ1v) is 11.9. The fourth-order valence-corrected chi connectivity index (χ4v) is 4.96. The van der Waals surface area contributed by atoms with E-state index in [0.29, 0.717) is 5.57 Å². The maximum Gasteiger partial charge on any atom is 0.253 e. The highest BCUT2D eigenvalue weighted by molar-refractivity contribution is 14.1. The molecule has 0 saturated carbocycles. The molecule has 1 amide bonds. The number of nitrogens with one attached hydrogen (secondary N) is 1. The number of para-hydroxylation sites is 1. The normalized spacial score (nSPS) is 12.6. The first-order chi connectivity index (χ1) is 13.5. The number of rotatable bonds is 8. The Balaban J connectivity index is 2.15. The predicted molar refractivity (Wildman–Crippen MR) is 126 cm³/mol. The molecule has 2 rings (SSSR count). The maximum absolute atomic E-state index is 12.9. The minimum atomic E-state index is -3.69. The smallest absolute Gasteiger partial charge is 0.253 e. The topological polar surface area (TPSA) is 66.5 Å². The first-order valence-electron chi connectivity index (χ1n) is 9.32. The number of anilines is 1. The van der Waals surface area contributed by atoms with Crippen molar-refractivity contribution in [1.82, 2.24) is 4.72 Å². The zero-order chi connectivity index (χ0) is 21.8. The molecule has 0 saturated heterocycles. The number of sulfonamides is 1. The summed E-state index contributed by atoms with van der Waals surface area (Å²) in [5, 5.41) is 0. The van der Waals surface area contributed by atoms with Crippen molar-refractivity contribution in [2.75, 3.05) is 11.9 Å². The van der Waals surface area contributed by atoms with Gasteiger partial charge in [-0.15, -0.1) is 0 Å². The SMILES string of the molecule is C=C(CC(NS(=O)(=O)c1ccc(C)cc1)C(C)C)C(=O)N(C)c1ccccc1I. The van der Waals surface area contributed by atoms with Gasteiger partial charge in [-0.2, -0.15) is 0 Å². The average molecular weight is 526 g/mol. The molecule has 0 aliphatic heterocycles. The largest absolute Gasteiger partial charge is 0.311 e. The summed E-state index contributed by atoms with van der Waals surface area (Å²) >= 11 is 2.18. The number of hydrogen-bond acceptors (Lipinski definition) is 3. The van der Waals surface area contributed by atoms with Gasteiger partial charge in [-0.25, -0.2) is 13.1 Å². The molecule has 29 heavy (non-hydrogen) atoms. The highest BCUT2D eigenvalue weighted by Gasteiger charge is 2.26. The molecule has 1 atom stereocenters. The molecule has 2 aromatic carbocycles. The van der Waals surface area contributed by atoms with Crippen molar-refractivity contribution in [3.63, 3.8) is 0 Å². The molecule has 0 aliphatic rings. The van der Waals surface area contributed by atoms with E-state index < -0.39 is 16.1 Å². The molecule has 7 heteroatoms. The molecule has 0 aromatic heterocycles. The van der Waals surface area contributed by atoms with Crippen LogP contribution >= 0.6 is 22.6 Å². The number of halogens is 1. The van der Waals surface area contributed by atoms with Crippen LogP contribution in [0.4, 0.5) is 5.69 Å². The van der Waals surface area contributed by atoms with Gasteiger partial charge in [0.2, 0.25) is 10.0 Å². The summed E-state index contributed by atoms with van der Waals surface area (Å²) in [4.78, 5) is 14.6. The number of carbonyl (C=O) groups is 1. The van der Waals surface area contributed by atoms with Crippen molar-refractivity contribution in [3.05, 3.63) is 69.8 Å². The van der Waals surface area contributed by atoms with Crippen LogP contribution in [-0.4, -0.2) is 27.4 Å². The number of benzene rings is 2. The molecule has 0 radical (unpaired) electrons. The molecule has 1 N–H and O–H groups in total. The minimum Gasteiger partial charge on any atom is -0.311 e. The Morgan fingerprint density at radius 3 is 2.28 bits per heavy atom. The number of hydrogen-bond donors (Lipinski definition) is 1. The Morgan fingerprint density at radius 2 is 1.72 bits per heavy atom. The highest BCUT2D eigenvalue weighted by atomic mass is 127. The van der Waals surface area contributed by atoms with Gasteiger partial charge in [0.15, 0.2) is 0 Å². The molecule has 5 nitrogen and oxygen atoms in total. The molecule has 1 unspecified atom stereocenters. The molecule has 0 aliphatic carbocycles. The van der Waals surface area contributed by atoms with Gasteiger partial charge in [-0.1, -0.05) is 50.3 Å². The average Bonchev–Trinajstić information content (AvgIpc) is 2.66. The van der Waals surface area contributed by atoms with Gasteiger partial charge in [0.25, 0.3) is 5.91 Å². The number of carbonyl (C=O) groups excluding carboxylic acids is 1. The van der Waals surface area contributed by atoms with Crippen molar-refractivity contribution in [2.24, 2.45) is 5.92 Å². The first kappa shape index (κ1) is 23.6. The summed E-state index contributed by atoms with van der Waals surface area (Å²) in [6.45, 7) is 9.68. The number of likely N-dealkylation sites (N-methyl/N-ethyl adjacent to an activating group) is 1. The van der Waals surface area contributed by atoms with E-state index in [1.807, 2.05) is 45.0 Å². The zero-order valence-corrected chi connectivity index (χ0v) is 20.1. The van der Waals surface area contributed by atoms with Crippen LogP contribution in [0.15, 0.2) is 65.6 Å². The van der Waals surface area contributed by atoms with Crippen molar-refractivity contribution < 1.29 is 13.2 Å². The van der Waals surface area contributed by atoms with E-state index in [2.05, 4.69) is 33.9 Å². The summed E-state index contributed by atoms with van der Waals surface area (Å²) in [6, 6.07) is 13.8. The quantitative estimate of drug-likeness (QED) is 0.407. The van der Waals surface area contributed by atoms with Crippen LogP contribution in [0.5, 0.6) is 0 Å². The van der Waals surface area contributed by atoms with Gasteiger partial charge in [-0.3, -0.25) is 4.79 Å². The van der Waals surface area contributed by atoms with Crippen LogP contribution in [0, 0.1) is 16.4 Å². The Kier molecular flexibility index (Phi) is 8.02. The molecular formula is C22H27IN2O3S. The van der Waals surface area contributed by atoms with Gasteiger partial charge in [0.1, 0.15) is 0 Å². The summed E-state index contributed by atoms with van der Waals surface area (Å²) in [7, 11) is -1.99. The summed E-state index contributed by atoms with van der Waals surface area (Å²) < 4.78 is 29.2. The van der Waals surface area contributed by atoms with E-state index in [0.717, 1.165) is 14.8 Å². The second-order valence-corrected chi connectivity index (χ2v) is 10.3. The molecular weight excluding hydrogens is 499 g/mol. The van der Waals surface area contributed by atoms with Crippen LogP contribution < -0.4 is 9.62 Å². The lowest BCUT2D eigenvalue weighted by atomic mass is 9.97. The lowest BCUT2D eigenvalue weighted by molar-refractivity contribution is -0.115. The Hall–Kier alpha value is -1.71. The van der Waals surface area contributed by atoms with Crippen molar-refractivity contribution >= 4 is 44.2 Å². The monoisotopic (exact) mass is 526 g/mol. The van der Waals surface area contributed by atoms with Gasteiger partial charge >= 0.3 is 0 Å². The molecule has 0 spiro atoms. The number of nitrogens with zero attached hydrogens (tertiary/aromatic N) is 1. The van der Waals surface area contributed by atoms with Crippen molar-refractivity contribution in [1.29, 1.82) is 0 Å². The Labute approximate surface area is 187 Å². The van der Waals surface area contributed by atoms with Crippen molar-refractivity contribution in [3.8, 4) is 0 Å². The molecule has 0 bridgehead atoms. The Bertz CT molecular complexity index is 985. The third-order valence-electron chi connectivity index (χ3n) is 4.73. The zero-order valence-electron chi connectivity index (χ0n) is 17.1. The maximum atomic E-state index is 12.9. The summed E-state index contributed by atoms with van der Waals surface area (Å²) in [5.41, 5.74) is 2.14. The standard InChI is InChI=1S/C22H27IN2O3S/c1-15(2)20(24-29(27,28)18-12-10-16(3)11-13-18)14-17(4)22(26)25(5)21-9-7-6-8-19(21)23/h6-13,15,20,24H,4,14H2,1-3,5H3. The van der Waals surface area contributed by atoms with Gasteiger partial charge in [0.05, 0.1) is 10.6 Å². The number of aryl methyl sites for hydroxylation is 1. The third kappa shape index (κ3) is 6.13. The Morgan fingerprint density at radius 1 is 1.14 bits per heavy atom. The lowest BCUT2D eigenvalue weighted by Crippen LogP contribution is -2.40. The highest BCUT2D eigenvalue weighted by Crippen LogP contribution is 2.24. The van der Waals surface area contributed by atoms with Crippen LogP contribution in [0.2, 0.25) is 0 Å². The molecule has 0 fully saturated rings. The second-order valence-electron chi connectivity index (χ2n) is 7.41. The van der Waals surface area contributed by atoms with Crippen LogP contribution in [0.25, 0.3) is 0 Å². The second kappa shape index (κ2) is 9.86. The van der Waals surface area contributed by atoms with E-state index >= 15 is 0 Å². The van der Waals surface area contributed by atoms with Crippen LogP contribution in [0.3, 0.4) is 0 Å². The summed E-state index contributed by atoms with van der Waals surface area (Å²) in [5.74, 6) is -0.240. The van der Waals surface area contributed by atoms with Gasteiger partial charge in [0, 0.05) is 22.2 Å². The molecule has 0 heterocycles. The number of amides is 1. The fraction of sp³-hybridized carbons (Fsp3) is 0.318. The van der Waals surface area contributed by atoms with E-state index in [9.17, 15) is 13.2 Å². The van der Waals surface area contributed by atoms with E-state index in [1.54, 1.807) is 36.2 Å². The third-order valence-corrected chi connectivity index (χ3v) is 7.15. The lowest BCUT2D eigenvalue weighted by Gasteiger charge is -2.25. The molecule has 2 aromatic rings. The van der Waals surface area contributed by atoms with Crippen LogP contribution in [-0.2, 0) is 14.8 Å². The summed E-state index contributed by atoms with van der Waals surface area (Å²) in [6.07, 6.45) is 0.231. The minimum absolute atomic E-state index is 0.0121.